The van der Waals surface area contributed by atoms with Gasteiger partial charge in [0.05, 0.1) is 0 Å². The number of para-hydroxylation sites is 1. The van der Waals surface area contributed by atoms with Gasteiger partial charge in [-0.3, -0.25) is 4.79 Å². The predicted octanol–water partition coefficient (Wildman–Crippen LogP) is 4.14. The standard InChI is InChI=1S/C18H19NOS/c1-21-13-14-8-10-16(11-9-14)18(20)19-12-4-6-15-5-2-3-7-17(15)19/h2-3,5,7-11H,4,6,12-13H2,1H3. The lowest BCUT2D eigenvalue weighted by molar-refractivity contribution is 0.0985. The van der Waals surface area contributed by atoms with E-state index in [9.17, 15) is 4.79 Å². The Hall–Kier alpha value is -1.74. The van der Waals surface area contributed by atoms with E-state index < -0.39 is 0 Å². The van der Waals surface area contributed by atoms with Crippen molar-refractivity contribution in [3.63, 3.8) is 0 Å². The van der Waals surface area contributed by atoms with Gasteiger partial charge >= 0.3 is 0 Å². The smallest absolute Gasteiger partial charge is 0.258 e. The molecule has 0 atom stereocenters. The molecule has 0 saturated heterocycles. The van der Waals surface area contributed by atoms with Crippen molar-refractivity contribution in [2.24, 2.45) is 0 Å². The van der Waals surface area contributed by atoms with Crippen molar-refractivity contribution in [1.82, 2.24) is 0 Å². The van der Waals surface area contributed by atoms with Crippen molar-refractivity contribution >= 4 is 23.4 Å². The average molecular weight is 297 g/mol. The van der Waals surface area contributed by atoms with Crippen LogP contribution in [0.4, 0.5) is 5.69 Å². The third-order valence-electron chi connectivity index (χ3n) is 3.87. The topological polar surface area (TPSA) is 20.3 Å². The fourth-order valence-electron chi connectivity index (χ4n) is 2.81. The van der Waals surface area contributed by atoms with E-state index in [0.29, 0.717) is 0 Å². The van der Waals surface area contributed by atoms with Gasteiger partial charge in [0, 0.05) is 23.5 Å². The van der Waals surface area contributed by atoms with Crippen LogP contribution in [0.15, 0.2) is 48.5 Å². The van der Waals surface area contributed by atoms with E-state index in [2.05, 4.69) is 30.5 Å². The zero-order valence-corrected chi connectivity index (χ0v) is 13.0. The summed E-state index contributed by atoms with van der Waals surface area (Å²) in [5, 5.41) is 0. The lowest BCUT2D eigenvalue weighted by Gasteiger charge is -2.29. The zero-order chi connectivity index (χ0) is 14.7. The number of rotatable bonds is 3. The van der Waals surface area contributed by atoms with Gasteiger partial charge < -0.3 is 4.90 Å². The van der Waals surface area contributed by atoms with Crippen LogP contribution in [0.2, 0.25) is 0 Å². The number of anilines is 1. The number of hydrogen-bond acceptors (Lipinski definition) is 2. The molecule has 1 amide bonds. The second-order valence-corrected chi connectivity index (χ2v) is 6.19. The van der Waals surface area contributed by atoms with Crippen LogP contribution in [0.25, 0.3) is 0 Å². The number of fused-ring (bicyclic) bond motifs is 1. The normalized spacial score (nSPS) is 13.9. The molecule has 2 aromatic rings. The van der Waals surface area contributed by atoms with Crippen LogP contribution in [-0.2, 0) is 12.2 Å². The molecule has 2 nitrogen and oxygen atoms in total. The summed E-state index contributed by atoms with van der Waals surface area (Å²) in [6, 6.07) is 16.2. The number of thioether (sulfide) groups is 1. The Labute approximate surface area is 130 Å². The number of benzene rings is 2. The first-order chi connectivity index (χ1) is 10.3. The minimum absolute atomic E-state index is 0.109. The van der Waals surface area contributed by atoms with Gasteiger partial charge in [0.1, 0.15) is 0 Å². The molecule has 1 aliphatic heterocycles. The van der Waals surface area contributed by atoms with E-state index in [1.54, 1.807) is 11.8 Å². The van der Waals surface area contributed by atoms with Crippen molar-refractivity contribution in [2.75, 3.05) is 17.7 Å². The minimum Gasteiger partial charge on any atom is -0.308 e. The van der Waals surface area contributed by atoms with E-state index in [-0.39, 0.29) is 5.91 Å². The molecule has 0 aromatic heterocycles. The van der Waals surface area contributed by atoms with Gasteiger partial charge in [0.15, 0.2) is 0 Å². The van der Waals surface area contributed by atoms with E-state index >= 15 is 0 Å². The van der Waals surface area contributed by atoms with Gasteiger partial charge in [0.2, 0.25) is 0 Å². The fourth-order valence-corrected chi connectivity index (χ4v) is 3.34. The number of hydrogen-bond donors (Lipinski definition) is 0. The van der Waals surface area contributed by atoms with Crippen LogP contribution in [0, 0.1) is 0 Å². The first-order valence-electron chi connectivity index (χ1n) is 7.27. The Morgan fingerprint density at radius 3 is 2.67 bits per heavy atom. The maximum absolute atomic E-state index is 12.8. The maximum Gasteiger partial charge on any atom is 0.258 e. The number of nitrogens with zero attached hydrogens (tertiary/aromatic N) is 1. The molecule has 1 heterocycles. The molecule has 0 spiro atoms. The van der Waals surface area contributed by atoms with Gasteiger partial charge in [-0.25, -0.2) is 0 Å². The van der Waals surface area contributed by atoms with Crippen molar-refractivity contribution in [1.29, 1.82) is 0 Å². The number of aryl methyl sites for hydroxylation is 1. The number of carbonyl (C=O) groups is 1. The molecule has 0 radical (unpaired) electrons. The van der Waals surface area contributed by atoms with E-state index in [1.807, 2.05) is 29.2 Å². The highest BCUT2D eigenvalue weighted by molar-refractivity contribution is 7.97. The fraction of sp³-hybridized carbons (Fsp3) is 0.278. The molecule has 0 bridgehead atoms. The Morgan fingerprint density at radius 2 is 1.90 bits per heavy atom. The number of carbonyl (C=O) groups excluding carboxylic acids is 1. The Kier molecular flexibility index (Phi) is 4.30. The zero-order valence-electron chi connectivity index (χ0n) is 12.2. The molecule has 108 valence electrons. The van der Waals surface area contributed by atoms with E-state index in [4.69, 9.17) is 0 Å². The van der Waals surface area contributed by atoms with Crippen LogP contribution in [-0.4, -0.2) is 18.7 Å². The molecule has 0 unspecified atom stereocenters. The maximum atomic E-state index is 12.8. The van der Waals surface area contributed by atoms with Gasteiger partial charge in [-0.05, 0) is 48.4 Å². The average Bonchev–Trinajstić information content (AvgIpc) is 2.55. The summed E-state index contributed by atoms with van der Waals surface area (Å²) in [5.41, 5.74) is 4.38. The molecule has 2 aromatic carbocycles. The molecule has 0 aliphatic carbocycles. The summed E-state index contributed by atoms with van der Waals surface area (Å²) in [6.07, 6.45) is 4.18. The van der Waals surface area contributed by atoms with Crippen LogP contribution >= 0.6 is 11.8 Å². The van der Waals surface area contributed by atoms with E-state index in [1.165, 1.54) is 11.1 Å². The Bertz CT molecular complexity index is 636. The summed E-state index contributed by atoms with van der Waals surface area (Å²) in [4.78, 5) is 14.7. The van der Waals surface area contributed by atoms with Crippen molar-refractivity contribution in [2.45, 2.75) is 18.6 Å². The van der Waals surface area contributed by atoms with Gasteiger partial charge in [-0.2, -0.15) is 11.8 Å². The molecular weight excluding hydrogens is 278 g/mol. The highest BCUT2D eigenvalue weighted by atomic mass is 32.2. The monoisotopic (exact) mass is 297 g/mol. The first-order valence-corrected chi connectivity index (χ1v) is 8.66. The quantitative estimate of drug-likeness (QED) is 0.848. The van der Waals surface area contributed by atoms with Crippen LogP contribution in [0.5, 0.6) is 0 Å². The second-order valence-electron chi connectivity index (χ2n) is 5.32. The van der Waals surface area contributed by atoms with Crippen LogP contribution in [0.1, 0.15) is 27.9 Å². The highest BCUT2D eigenvalue weighted by Gasteiger charge is 2.22. The molecule has 0 N–H and O–H groups in total. The molecule has 0 saturated carbocycles. The van der Waals surface area contributed by atoms with Crippen LogP contribution < -0.4 is 4.90 Å². The van der Waals surface area contributed by atoms with Crippen LogP contribution in [0.3, 0.4) is 0 Å². The second kappa shape index (κ2) is 6.35. The summed E-state index contributed by atoms with van der Waals surface area (Å²) < 4.78 is 0. The minimum atomic E-state index is 0.109. The molecule has 0 fully saturated rings. The van der Waals surface area contributed by atoms with Gasteiger partial charge in [0.25, 0.3) is 5.91 Å². The summed E-state index contributed by atoms with van der Waals surface area (Å²) in [7, 11) is 0. The molecule has 3 rings (SSSR count). The molecule has 3 heteroatoms. The molecular formula is C18H19NOS. The lowest BCUT2D eigenvalue weighted by atomic mass is 10.0. The predicted molar refractivity (Wildman–Crippen MR) is 90.1 cm³/mol. The summed E-state index contributed by atoms with van der Waals surface area (Å²) in [6.45, 7) is 0.808. The lowest BCUT2D eigenvalue weighted by Crippen LogP contribution is -2.35. The Morgan fingerprint density at radius 1 is 1.14 bits per heavy atom. The first kappa shape index (κ1) is 14.2. The van der Waals surface area contributed by atoms with Crippen molar-refractivity contribution in [3.05, 3.63) is 65.2 Å². The molecule has 21 heavy (non-hydrogen) atoms. The third kappa shape index (κ3) is 2.98. The number of amides is 1. The van der Waals surface area contributed by atoms with Gasteiger partial charge in [-0.1, -0.05) is 30.3 Å². The third-order valence-corrected chi connectivity index (χ3v) is 4.49. The van der Waals surface area contributed by atoms with Crippen molar-refractivity contribution in [3.8, 4) is 0 Å². The summed E-state index contributed by atoms with van der Waals surface area (Å²) >= 11 is 1.79. The Balaban J connectivity index is 1.86. The summed E-state index contributed by atoms with van der Waals surface area (Å²) in [5.74, 6) is 1.10. The molecule has 1 aliphatic rings. The van der Waals surface area contributed by atoms with Gasteiger partial charge in [-0.15, -0.1) is 0 Å². The highest BCUT2D eigenvalue weighted by Crippen LogP contribution is 2.28. The van der Waals surface area contributed by atoms with E-state index in [0.717, 1.165) is 36.4 Å². The SMILES string of the molecule is CSCc1ccc(C(=O)N2CCCc3ccccc32)cc1. The van der Waals surface area contributed by atoms with Crippen molar-refractivity contribution < 1.29 is 4.79 Å². The largest absolute Gasteiger partial charge is 0.308 e.